The van der Waals surface area contributed by atoms with Crippen LogP contribution in [0.4, 0.5) is 19.0 Å². The van der Waals surface area contributed by atoms with E-state index in [1.54, 1.807) is 15.8 Å². The zero-order valence-electron chi connectivity index (χ0n) is 19.4. The van der Waals surface area contributed by atoms with Gasteiger partial charge in [-0.05, 0) is 17.7 Å². The molecule has 2 aromatic carbocycles. The number of nitrogens with zero attached hydrogens (tertiary/aromatic N) is 5. The second-order valence-corrected chi connectivity index (χ2v) is 8.62. The van der Waals surface area contributed by atoms with Crippen molar-refractivity contribution in [3.05, 3.63) is 102 Å². The number of amides is 1. The summed E-state index contributed by atoms with van der Waals surface area (Å²) in [6, 6.07) is 21.9. The summed E-state index contributed by atoms with van der Waals surface area (Å²) < 4.78 is 40.3. The first kappa shape index (κ1) is 23.6. The fraction of sp³-hybridized carbons (Fsp3) is 0.222. The molecule has 1 saturated heterocycles. The van der Waals surface area contributed by atoms with E-state index in [1.165, 1.54) is 6.07 Å². The van der Waals surface area contributed by atoms with Crippen LogP contribution in [-0.4, -0.2) is 51.8 Å². The van der Waals surface area contributed by atoms with Crippen molar-refractivity contribution in [1.82, 2.24) is 19.7 Å². The molecule has 1 amide bonds. The van der Waals surface area contributed by atoms with Crippen molar-refractivity contribution in [3.8, 4) is 11.3 Å². The molecule has 0 aliphatic carbocycles. The summed E-state index contributed by atoms with van der Waals surface area (Å²) in [6.07, 6.45) is -1.78. The van der Waals surface area contributed by atoms with E-state index in [0.29, 0.717) is 49.8 Å². The van der Waals surface area contributed by atoms with E-state index in [1.807, 2.05) is 65.6 Å². The van der Waals surface area contributed by atoms with E-state index in [2.05, 4.69) is 4.98 Å². The van der Waals surface area contributed by atoms with Crippen LogP contribution in [0.5, 0.6) is 0 Å². The minimum Gasteiger partial charge on any atom is -0.353 e. The van der Waals surface area contributed by atoms with Crippen LogP contribution in [0.1, 0.15) is 21.5 Å². The third-order valence-corrected chi connectivity index (χ3v) is 6.19. The van der Waals surface area contributed by atoms with Crippen molar-refractivity contribution in [2.45, 2.75) is 12.7 Å². The predicted octanol–water partition coefficient (Wildman–Crippen LogP) is 4.97. The van der Waals surface area contributed by atoms with Crippen molar-refractivity contribution in [3.63, 3.8) is 0 Å². The topological polar surface area (TPSA) is 54.3 Å². The Morgan fingerprint density at radius 1 is 0.861 bits per heavy atom. The molecule has 6 nitrogen and oxygen atoms in total. The molecule has 36 heavy (non-hydrogen) atoms. The molecule has 0 saturated carbocycles. The predicted molar refractivity (Wildman–Crippen MR) is 131 cm³/mol. The molecule has 0 bridgehead atoms. The zero-order valence-corrected chi connectivity index (χ0v) is 19.4. The maximum Gasteiger partial charge on any atom is 0.417 e. The van der Waals surface area contributed by atoms with Gasteiger partial charge in [0, 0.05) is 44.1 Å². The Bertz CT molecular complexity index is 1310. The third-order valence-electron chi connectivity index (χ3n) is 6.19. The van der Waals surface area contributed by atoms with Gasteiger partial charge < -0.3 is 9.80 Å². The fourth-order valence-corrected chi connectivity index (χ4v) is 4.29. The lowest BCUT2D eigenvalue weighted by Gasteiger charge is -2.35. The van der Waals surface area contributed by atoms with Crippen LogP contribution in [-0.2, 0) is 12.7 Å². The maximum absolute atomic E-state index is 13.6. The van der Waals surface area contributed by atoms with Gasteiger partial charge in [0.1, 0.15) is 11.5 Å². The Balaban J connectivity index is 1.33. The summed E-state index contributed by atoms with van der Waals surface area (Å²) in [5.74, 6) is 0.351. The van der Waals surface area contributed by atoms with Crippen LogP contribution in [0.2, 0.25) is 0 Å². The monoisotopic (exact) mass is 491 g/mol. The molecule has 4 aromatic rings. The molecule has 1 aliphatic rings. The molecule has 3 heterocycles. The quantitative estimate of drug-likeness (QED) is 0.396. The summed E-state index contributed by atoms with van der Waals surface area (Å²) in [7, 11) is 0. The highest BCUT2D eigenvalue weighted by Gasteiger charge is 2.31. The molecule has 1 fully saturated rings. The van der Waals surface area contributed by atoms with Gasteiger partial charge in [-0.1, -0.05) is 60.7 Å². The number of alkyl halides is 3. The number of piperazine rings is 1. The van der Waals surface area contributed by atoms with E-state index in [-0.39, 0.29) is 5.91 Å². The largest absolute Gasteiger partial charge is 0.417 e. The molecule has 0 spiro atoms. The van der Waals surface area contributed by atoms with Crippen LogP contribution in [0.25, 0.3) is 11.3 Å². The number of carbonyl (C=O) groups is 1. The minimum atomic E-state index is -4.42. The maximum atomic E-state index is 13.6. The first-order valence-corrected chi connectivity index (χ1v) is 11.6. The third kappa shape index (κ3) is 5.10. The average molecular weight is 492 g/mol. The number of benzene rings is 2. The number of aromatic nitrogens is 3. The lowest BCUT2D eigenvalue weighted by Crippen LogP contribution is -2.49. The van der Waals surface area contributed by atoms with Crippen LogP contribution in [0.15, 0.2) is 85.2 Å². The van der Waals surface area contributed by atoms with Gasteiger partial charge in [0.15, 0.2) is 0 Å². The van der Waals surface area contributed by atoms with E-state index < -0.39 is 11.7 Å². The summed E-state index contributed by atoms with van der Waals surface area (Å²) in [4.78, 5) is 21.2. The molecule has 1 aliphatic heterocycles. The summed E-state index contributed by atoms with van der Waals surface area (Å²) in [5, 5.41) is 4.74. The molecular formula is C27H24F3N5O. The number of halogens is 3. The molecule has 0 atom stereocenters. The Morgan fingerprint density at radius 3 is 2.14 bits per heavy atom. The van der Waals surface area contributed by atoms with Gasteiger partial charge >= 0.3 is 6.18 Å². The number of hydrogen-bond donors (Lipinski definition) is 0. The molecule has 0 unspecified atom stereocenters. The van der Waals surface area contributed by atoms with Crippen LogP contribution in [0, 0.1) is 0 Å². The van der Waals surface area contributed by atoms with Crippen LogP contribution >= 0.6 is 0 Å². The van der Waals surface area contributed by atoms with Crippen molar-refractivity contribution in [2.75, 3.05) is 31.1 Å². The number of anilines is 1. The van der Waals surface area contributed by atoms with Crippen molar-refractivity contribution < 1.29 is 18.0 Å². The molecule has 0 radical (unpaired) electrons. The van der Waals surface area contributed by atoms with E-state index >= 15 is 0 Å². The minimum absolute atomic E-state index is 0.117. The van der Waals surface area contributed by atoms with E-state index in [9.17, 15) is 18.0 Å². The van der Waals surface area contributed by atoms with Crippen LogP contribution in [0.3, 0.4) is 0 Å². The van der Waals surface area contributed by atoms with Gasteiger partial charge in [-0.3, -0.25) is 9.48 Å². The smallest absolute Gasteiger partial charge is 0.353 e. The van der Waals surface area contributed by atoms with Gasteiger partial charge in [0.25, 0.3) is 5.91 Å². The lowest BCUT2D eigenvalue weighted by molar-refractivity contribution is -0.137. The Hall–Kier alpha value is -4.14. The molecule has 2 aromatic heterocycles. The number of carbonyl (C=O) groups excluding carboxylic acids is 1. The standard InChI is InChI=1S/C27H24F3N5O/c28-27(29,30)22-11-12-24(31-17-22)33-13-15-34(16-14-33)26(36)23-19-35(18-20-7-3-1-4-8-20)32-25(23)21-9-5-2-6-10-21/h1-12,17,19H,13-16,18H2. The van der Waals surface area contributed by atoms with E-state index in [0.717, 1.165) is 23.4 Å². The molecule has 9 heteroatoms. The van der Waals surface area contributed by atoms with Gasteiger partial charge in [-0.2, -0.15) is 18.3 Å². The van der Waals surface area contributed by atoms with Crippen molar-refractivity contribution in [1.29, 1.82) is 0 Å². The second kappa shape index (κ2) is 9.85. The molecule has 184 valence electrons. The number of pyridine rings is 1. The lowest BCUT2D eigenvalue weighted by atomic mass is 10.1. The summed E-state index contributed by atoms with van der Waals surface area (Å²) >= 11 is 0. The highest BCUT2D eigenvalue weighted by atomic mass is 19.4. The molecule has 0 N–H and O–H groups in total. The fourth-order valence-electron chi connectivity index (χ4n) is 4.29. The van der Waals surface area contributed by atoms with E-state index in [4.69, 9.17) is 5.10 Å². The Morgan fingerprint density at radius 2 is 1.53 bits per heavy atom. The SMILES string of the molecule is O=C(c1cn(Cc2ccccc2)nc1-c1ccccc1)N1CCN(c2ccc(C(F)(F)F)cn2)CC1. The van der Waals surface area contributed by atoms with Crippen LogP contribution < -0.4 is 4.90 Å². The summed E-state index contributed by atoms with van der Waals surface area (Å²) in [6.45, 7) is 2.35. The van der Waals surface area contributed by atoms with Crippen molar-refractivity contribution >= 4 is 11.7 Å². The summed E-state index contributed by atoms with van der Waals surface area (Å²) in [5.41, 5.74) is 2.32. The van der Waals surface area contributed by atoms with Gasteiger partial charge in [-0.25, -0.2) is 4.98 Å². The Kier molecular flexibility index (Phi) is 6.45. The van der Waals surface area contributed by atoms with Crippen molar-refractivity contribution in [2.24, 2.45) is 0 Å². The second-order valence-electron chi connectivity index (χ2n) is 8.62. The van der Waals surface area contributed by atoms with Gasteiger partial charge in [0.2, 0.25) is 0 Å². The van der Waals surface area contributed by atoms with Gasteiger partial charge in [0.05, 0.1) is 17.7 Å². The Labute approximate surface area is 206 Å². The first-order valence-electron chi connectivity index (χ1n) is 11.6. The number of hydrogen-bond acceptors (Lipinski definition) is 4. The molecule has 5 rings (SSSR count). The highest BCUT2D eigenvalue weighted by Crippen LogP contribution is 2.30. The first-order chi connectivity index (χ1) is 17.4. The normalized spacial score (nSPS) is 14.2. The zero-order chi connectivity index (χ0) is 25.1. The van der Waals surface area contributed by atoms with Gasteiger partial charge in [-0.15, -0.1) is 0 Å². The molecular weight excluding hydrogens is 467 g/mol. The average Bonchev–Trinajstić information content (AvgIpc) is 3.33. The number of rotatable bonds is 5. The highest BCUT2D eigenvalue weighted by molar-refractivity contribution is 6.00.